The summed E-state index contributed by atoms with van der Waals surface area (Å²) in [6.07, 6.45) is 75.6. The van der Waals surface area contributed by atoms with E-state index in [1.807, 2.05) is 0 Å². The van der Waals surface area contributed by atoms with E-state index in [1.165, 1.54) is 128 Å². The summed E-state index contributed by atoms with van der Waals surface area (Å²) < 4.78 is 16.9. The molecule has 0 N–H and O–H groups in total. The smallest absolute Gasteiger partial charge is 0.306 e. The van der Waals surface area contributed by atoms with Crippen LogP contribution in [0.1, 0.15) is 284 Å². The number of allylic oxidation sites excluding steroid dienone is 14. The van der Waals surface area contributed by atoms with Crippen molar-refractivity contribution in [1.29, 1.82) is 0 Å². The second kappa shape index (κ2) is 58.2. The van der Waals surface area contributed by atoms with Gasteiger partial charge in [0.05, 0.1) is 0 Å². The molecule has 6 nitrogen and oxygen atoms in total. The van der Waals surface area contributed by atoms with Crippen molar-refractivity contribution in [3.63, 3.8) is 0 Å². The lowest BCUT2D eigenvalue weighted by Gasteiger charge is -2.18. The Labute approximate surface area is 433 Å². The third-order valence-electron chi connectivity index (χ3n) is 12.6. The maximum Gasteiger partial charge on any atom is 0.306 e. The quantitative estimate of drug-likeness (QED) is 0.0261. The van der Waals surface area contributed by atoms with Crippen LogP contribution in [0.5, 0.6) is 0 Å². The van der Waals surface area contributed by atoms with Gasteiger partial charge in [0, 0.05) is 19.3 Å². The van der Waals surface area contributed by atoms with Crippen LogP contribution >= 0.6 is 0 Å². The predicted molar refractivity (Wildman–Crippen MR) is 302 cm³/mol. The van der Waals surface area contributed by atoms with Crippen LogP contribution in [0.3, 0.4) is 0 Å². The fourth-order valence-corrected chi connectivity index (χ4v) is 8.08. The minimum absolute atomic E-state index is 0.0886. The van der Waals surface area contributed by atoms with E-state index in [4.69, 9.17) is 14.2 Å². The summed E-state index contributed by atoms with van der Waals surface area (Å²) >= 11 is 0. The summed E-state index contributed by atoms with van der Waals surface area (Å²) in [6.45, 7) is 6.54. The Hall–Kier alpha value is -3.41. The molecule has 0 bridgehead atoms. The van der Waals surface area contributed by atoms with Crippen molar-refractivity contribution < 1.29 is 28.6 Å². The summed E-state index contributed by atoms with van der Waals surface area (Å²) in [6, 6.07) is 0. The number of esters is 3. The minimum Gasteiger partial charge on any atom is -0.462 e. The first-order chi connectivity index (χ1) is 34.5. The first kappa shape index (κ1) is 66.6. The number of hydrogen-bond donors (Lipinski definition) is 0. The van der Waals surface area contributed by atoms with Gasteiger partial charge in [-0.3, -0.25) is 14.4 Å². The van der Waals surface area contributed by atoms with Gasteiger partial charge in [-0.25, -0.2) is 0 Å². The molecule has 1 atom stereocenters. The first-order valence-corrected chi connectivity index (χ1v) is 29.6. The highest BCUT2D eigenvalue weighted by Gasteiger charge is 2.19. The van der Waals surface area contributed by atoms with E-state index in [0.717, 1.165) is 116 Å². The Bertz CT molecular complexity index is 1350. The van der Waals surface area contributed by atoms with Crippen LogP contribution in [-0.4, -0.2) is 37.2 Å². The van der Waals surface area contributed by atoms with Crippen LogP contribution in [0.15, 0.2) is 85.1 Å². The molecule has 0 heterocycles. The number of ether oxygens (including phenoxy) is 3. The molecule has 402 valence electrons. The van der Waals surface area contributed by atoms with E-state index in [-0.39, 0.29) is 31.1 Å². The van der Waals surface area contributed by atoms with Crippen LogP contribution in [0, 0.1) is 0 Å². The van der Waals surface area contributed by atoms with Crippen LogP contribution in [0.2, 0.25) is 0 Å². The number of carbonyl (C=O) groups is 3. The Balaban J connectivity index is 4.42. The number of carbonyl (C=O) groups excluding carboxylic acids is 3. The SMILES string of the molecule is CCCC/C=C\C/C=C\CCCCCCCC(=O)OC[C@H](COC(=O)CCCCCCCCCCC/C=C\C/C=C\CCCCC)OC(=O)CCCCCCCC/C=C\C/C=C\C/C=C\CCCCC. The lowest BCUT2D eigenvalue weighted by molar-refractivity contribution is -0.167. The molecule has 0 fully saturated rings. The van der Waals surface area contributed by atoms with Crippen molar-refractivity contribution in [3.8, 4) is 0 Å². The van der Waals surface area contributed by atoms with Gasteiger partial charge < -0.3 is 14.2 Å². The Morgan fingerprint density at radius 3 is 0.843 bits per heavy atom. The average molecular weight is 976 g/mol. The molecule has 0 aliphatic heterocycles. The van der Waals surface area contributed by atoms with Gasteiger partial charge in [0.2, 0.25) is 0 Å². The second-order valence-corrected chi connectivity index (χ2v) is 19.5. The maximum absolute atomic E-state index is 12.9. The highest BCUT2D eigenvalue weighted by Crippen LogP contribution is 2.15. The molecule has 0 unspecified atom stereocenters. The molecule has 0 spiro atoms. The van der Waals surface area contributed by atoms with E-state index in [0.29, 0.717) is 19.3 Å². The van der Waals surface area contributed by atoms with E-state index in [1.54, 1.807) is 0 Å². The van der Waals surface area contributed by atoms with Gasteiger partial charge >= 0.3 is 17.9 Å². The van der Waals surface area contributed by atoms with Crippen LogP contribution in [0.25, 0.3) is 0 Å². The zero-order valence-corrected chi connectivity index (χ0v) is 46.0. The summed E-state index contributed by atoms with van der Waals surface area (Å²) in [5.41, 5.74) is 0. The maximum atomic E-state index is 12.9. The van der Waals surface area contributed by atoms with Crippen LogP contribution in [-0.2, 0) is 28.6 Å². The number of rotatable bonds is 53. The van der Waals surface area contributed by atoms with Crippen molar-refractivity contribution in [1.82, 2.24) is 0 Å². The molecule has 0 rings (SSSR count). The minimum atomic E-state index is -0.792. The Kier molecular flexibility index (Phi) is 55.3. The topological polar surface area (TPSA) is 78.9 Å². The van der Waals surface area contributed by atoms with E-state index < -0.39 is 6.10 Å². The van der Waals surface area contributed by atoms with Gasteiger partial charge in [0.15, 0.2) is 6.10 Å². The van der Waals surface area contributed by atoms with E-state index in [2.05, 4.69) is 106 Å². The third-order valence-corrected chi connectivity index (χ3v) is 12.6. The summed E-state index contributed by atoms with van der Waals surface area (Å²) in [5, 5.41) is 0. The molecule has 0 saturated heterocycles. The van der Waals surface area contributed by atoms with Crippen molar-refractivity contribution in [2.45, 2.75) is 290 Å². The standard InChI is InChI=1S/C64H110O6/c1-4-7-10-13-16-19-22-25-28-30-32-34-36-39-42-45-48-51-54-57-63(66)69-60-61(59-68-62(65)56-53-50-47-44-41-38-27-24-21-18-15-12-9-6-3)70-64(67)58-55-52-49-46-43-40-37-35-33-31-29-26-23-20-17-14-11-8-5-2/h15-20,24-29,33,35,61H,4-14,21-23,30-32,34,36-60H2,1-3H3/b18-15-,19-16-,20-17-,27-24-,28-25-,29-26-,35-33-/t61-/m1/s1. The predicted octanol–water partition coefficient (Wildman–Crippen LogP) is 19.9. The number of unbranched alkanes of at least 4 members (excludes halogenated alkanes) is 28. The average Bonchev–Trinajstić information content (AvgIpc) is 3.36. The molecule has 6 heteroatoms. The molecule has 70 heavy (non-hydrogen) atoms. The third kappa shape index (κ3) is 55.5. The van der Waals surface area contributed by atoms with Gasteiger partial charge in [-0.15, -0.1) is 0 Å². The molecule has 0 aromatic heterocycles. The van der Waals surface area contributed by atoms with Crippen molar-refractivity contribution in [3.05, 3.63) is 85.1 Å². The lowest BCUT2D eigenvalue weighted by atomic mass is 10.1. The highest BCUT2D eigenvalue weighted by atomic mass is 16.6. The molecular weight excluding hydrogens is 865 g/mol. The van der Waals surface area contributed by atoms with Gasteiger partial charge in [-0.1, -0.05) is 234 Å². The fraction of sp³-hybridized carbons (Fsp3) is 0.734. The van der Waals surface area contributed by atoms with Crippen LogP contribution in [0.4, 0.5) is 0 Å². The highest BCUT2D eigenvalue weighted by molar-refractivity contribution is 5.71. The fourth-order valence-electron chi connectivity index (χ4n) is 8.08. The van der Waals surface area contributed by atoms with E-state index in [9.17, 15) is 14.4 Å². The first-order valence-electron chi connectivity index (χ1n) is 29.6. The van der Waals surface area contributed by atoms with Crippen molar-refractivity contribution in [2.24, 2.45) is 0 Å². The summed E-state index contributed by atoms with van der Waals surface area (Å²) in [4.78, 5) is 38.2. The Morgan fingerprint density at radius 2 is 0.529 bits per heavy atom. The number of hydrogen-bond acceptors (Lipinski definition) is 6. The van der Waals surface area contributed by atoms with Crippen molar-refractivity contribution >= 4 is 17.9 Å². The zero-order valence-electron chi connectivity index (χ0n) is 46.0. The van der Waals surface area contributed by atoms with Gasteiger partial charge in [0.1, 0.15) is 13.2 Å². The molecule has 0 aromatic rings. The molecule has 0 saturated carbocycles. The van der Waals surface area contributed by atoms with Crippen molar-refractivity contribution in [2.75, 3.05) is 13.2 Å². The van der Waals surface area contributed by atoms with Gasteiger partial charge in [-0.2, -0.15) is 0 Å². The molecular formula is C64H110O6. The summed E-state index contributed by atoms with van der Waals surface area (Å²) in [7, 11) is 0. The van der Waals surface area contributed by atoms with Gasteiger partial charge in [0.25, 0.3) is 0 Å². The Morgan fingerprint density at radius 1 is 0.286 bits per heavy atom. The lowest BCUT2D eigenvalue weighted by Crippen LogP contribution is -2.30. The van der Waals surface area contributed by atoms with Gasteiger partial charge in [-0.05, 0) is 116 Å². The molecule has 0 radical (unpaired) electrons. The normalized spacial score (nSPS) is 12.7. The molecule has 0 aliphatic carbocycles. The largest absolute Gasteiger partial charge is 0.462 e. The second-order valence-electron chi connectivity index (χ2n) is 19.5. The molecule has 0 aliphatic rings. The van der Waals surface area contributed by atoms with Crippen LogP contribution < -0.4 is 0 Å². The zero-order chi connectivity index (χ0) is 50.7. The molecule has 0 aromatic carbocycles. The summed E-state index contributed by atoms with van der Waals surface area (Å²) in [5.74, 6) is -0.913. The monoisotopic (exact) mass is 975 g/mol. The van der Waals surface area contributed by atoms with E-state index >= 15 is 0 Å². The molecule has 0 amide bonds.